The fourth-order valence-electron chi connectivity index (χ4n) is 1.25. The highest BCUT2D eigenvalue weighted by Gasteiger charge is 2.14. The SMILES string of the molecule is CCOC(=O)Cc1c(C#N)ccc(Cl)c1S. The van der Waals surface area contributed by atoms with Crippen LogP contribution < -0.4 is 0 Å². The van der Waals surface area contributed by atoms with Crippen molar-refractivity contribution in [2.75, 3.05) is 6.61 Å². The number of benzene rings is 1. The van der Waals surface area contributed by atoms with Crippen molar-refractivity contribution < 1.29 is 9.53 Å². The molecule has 3 nitrogen and oxygen atoms in total. The average Bonchev–Trinajstić information content (AvgIpc) is 2.25. The molecule has 1 rings (SSSR count). The van der Waals surface area contributed by atoms with Gasteiger partial charge in [-0.05, 0) is 24.6 Å². The van der Waals surface area contributed by atoms with Crippen molar-refractivity contribution in [1.29, 1.82) is 5.26 Å². The third kappa shape index (κ3) is 2.91. The van der Waals surface area contributed by atoms with Crippen LogP contribution in [0.25, 0.3) is 0 Å². The quantitative estimate of drug-likeness (QED) is 0.667. The molecule has 0 aliphatic carbocycles. The van der Waals surface area contributed by atoms with Crippen LogP contribution >= 0.6 is 24.2 Å². The van der Waals surface area contributed by atoms with Gasteiger partial charge in [-0.15, -0.1) is 12.6 Å². The molecule has 0 saturated heterocycles. The van der Waals surface area contributed by atoms with E-state index in [4.69, 9.17) is 21.6 Å². The lowest BCUT2D eigenvalue weighted by atomic mass is 10.1. The molecule has 0 fully saturated rings. The number of thiol groups is 1. The van der Waals surface area contributed by atoms with Crippen molar-refractivity contribution in [3.63, 3.8) is 0 Å². The molecule has 0 amide bonds. The number of carbonyl (C=O) groups is 1. The molecule has 1 aromatic rings. The Kier molecular flexibility index (Phi) is 4.66. The lowest BCUT2D eigenvalue weighted by molar-refractivity contribution is -0.142. The fourth-order valence-corrected chi connectivity index (χ4v) is 1.70. The molecule has 0 saturated carbocycles. The van der Waals surface area contributed by atoms with Crippen LogP contribution in [0.4, 0.5) is 0 Å². The third-order valence-corrected chi connectivity index (χ3v) is 2.94. The molecule has 16 heavy (non-hydrogen) atoms. The van der Waals surface area contributed by atoms with Crippen molar-refractivity contribution in [2.24, 2.45) is 0 Å². The van der Waals surface area contributed by atoms with E-state index >= 15 is 0 Å². The van der Waals surface area contributed by atoms with E-state index in [-0.39, 0.29) is 6.42 Å². The van der Waals surface area contributed by atoms with E-state index < -0.39 is 5.97 Å². The lowest BCUT2D eigenvalue weighted by Crippen LogP contribution is -2.09. The molecule has 0 bridgehead atoms. The maximum atomic E-state index is 11.3. The monoisotopic (exact) mass is 255 g/mol. The second-order valence-electron chi connectivity index (χ2n) is 3.02. The van der Waals surface area contributed by atoms with Gasteiger partial charge in [0.2, 0.25) is 0 Å². The molecular weight excluding hydrogens is 246 g/mol. The summed E-state index contributed by atoms with van der Waals surface area (Å²) in [6.07, 6.45) is 0.0100. The molecule has 0 heterocycles. The summed E-state index contributed by atoms with van der Waals surface area (Å²) in [6, 6.07) is 5.14. The van der Waals surface area contributed by atoms with E-state index in [1.165, 1.54) is 0 Å². The number of hydrogen-bond acceptors (Lipinski definition) is 4. The largest absolute Gasteiger partial charge is 0.466 e. The zero-order chi connectivity index (χ0) is 12.1. The predicted molar refractivity (Wildman–Crippen MR) is 63.8 cm³/mol. The first-order valence-corrected chi connectivity index (χ1v) is 5.48. The summed E-state index contributed by atoms with van der Waals surface area (Å²) in [6.45, 7) is 2.03. The molecule has 0 N–H and O–H groups in total. The molecule has 0 spiro atoms. The number of carbonyl (C=O) groups excluding carboxylic acids is 1. The molecular formula is C11H10ClNO2S. The number of ether oxygens (including phenoxy) is 1. The van der Waals surface area contributed by atoms with E-state index in [1.807, 2.05) is 6.07 Å². The number of esters is 1. The van der Waals surface area contributed by atoms with Gasteiger partial charge in [0, 0.05) is 4.90 Å². The minimum atomic E-state index is -0.392. The van der Waals surface area contributed by atoms with Gasteiger partial charge < -0.3 is 4.74 Å². The molecule has 0 aliphatic heterocycles. The standard InChI is InChI=1S/C11H10ClNO2S/c1-2-15-10(14)5-8-7(6-13)3-4-9(12)11(8)16/h3-4,16H,2,5H2,1H3. The Morgan fingerprint density at radius 3 is 2.88 bits per heavy atom. The van der Waals surface area contributed by atoms with Gasteiger partial charge in [-0.3, -0.25) is 4.79 Å². The van der Waals surface area contributed by atoms with E-state index in [9.17, 15) is 4.79 Å². The van der Waals surface area contributed by atoms with E-state index in [0.717, 1.165) is 0 Å². The topological polar surface area (TPSA) is 50.1 Å². The van der Waals surface area contributed by atoms with Crippen LogP contribution in [0.1, 0.15) is 18.1 Å². The van der Waals surface area contributed by atoms with Crippen molar-refractivity contribution in [2.45, 2.75) is 18.2 Å². The Labute approximate surface area is 104 Å². The number of halogens is 1. The number of nitrogens with zero attached hydrogens (tertiary/aromatic N) is 1. The van der Waals surface area contributed by atoms with Crippen LogP contribution in [0, 0.1) is 11.3 Å². The Balaban J connectivity index is 3.07. The van der Waals surface area contributed by atoms with Gasteiger partial charge in [-0.1, -0.05) is 11.6 Å². The highest BCUT2D eigenvalue weighted by atomic mass is 35.5. The molecule has 5 heteroatoms. The number of nitriles is 1. The summed E-state index contributed by atoms with van der Waals surface area (Å²) in [5.41, 5.74) is 0.902. The number of rotatable bonds is 3. The van der Waals surface area contributed by atoms with Crippen LogP contribution in [0.3, 0.4) is 0 Å². The average molecular weight is 256 g/mol. The summed E-state index contributed by atoms with van der Waals surface area (Å²) in [7, 11) is 0. The first kappa shape index (κ1) is 12.9. The second kappa shape index (κ2) is 5.78. The lowest BCUT2D eigenvalue weighted by Gasteiger charge is -2.08. The Morgan fingerprint density at radius 1 is 1.62 bits per heavy atom. The third-order valence-electron chi connectivity index (χ3n) is 1.98. The molecule has 0 unspecified atom stereocenters. The molecule has 0 atom stereocenters. The summed E-state index contributed by atoms with van der Waals surface area (Å²) in [4.78, 5) is 11.8. The van der Waals surface area contributed by atoms with Gasteiger partial charge in [0.15, 0.2) is 0 Å². The highest BCUT2D eigenvalue weighted by Crippen LogP contribution is 2.27. The summed E-state index contributed by atoms with van der Waals surface area (Å²) in [5.74, 6) is -0.392. The van der Waals surface area contributed by atoms with Crippen LogP contribution in [0.15, 0.2) is 17.0 Å². The maximum absolute atomic E-state index is 11.3. The van der Waals surface area contributed by atoms with Crippen molar-refractivity contribution in [3.8, 4) is 6.07 Å². The van der Waals surface area contributed by atoms with Gasteiger partial charge in [0.05, 0.1) is 29.7 Å². The molecule has 0 aromatic heterocycles. The van der Waals surface area contributed by atoms with Crippen molar-refractivity contribution in [1.82, 2.24) is 0 Å². The minimum absolute atomic E-state index is 0.0100. The molecule has 84 valence electrons. The van der Waals surface area contributed by atoms with Crippen LogP contribution in [0.5, 0.6) is 0 Å². The summed E-state index contributed by atoms with van der Waals surface area (Å²) < 4.78 is 4.81. The Hall–Kier alpha value is -1.18. The normalized spacial score (nSPS) is 9.62. The fraction of sp³-hybridized carbons (Fsp3) is 0.273. The first-order valence-electron chi connectivity index (χ1n) is 4.66. The molecule has 1 aromatic carbocycles. The van der Waals surface area contributed by atoms with Gasteiger partial charge in [0.1, 0.15) is 0 Å². The second-order valence-corrected chi connectivity index (χ2v) is 3.87. The Morgan fingerprint density at radius 2 is 2.31 bits per heavy atom. The maximum Gasteiger partial charge on any atom is 0.310 e. The smallest absolute Gasteiger partial charge is 0.310 e. The highest BCUT2D eigenvalue weighted by molar-refractivity contribution is 7.80. The summed E-state index contributed by atoms with van der Waals surface area (Å²) in [5, 5.41) is 9.32. The molecule has 0 radical (unpaired) electrons. The van der Waals surface area contributed by atoms with E-state index in [0.29, 0.717) is 27.7 Å². The zero-order valence-corrected chi connectivity index (χ0v) is 10.3. The van der Waals surface area contributed by atoms with Crippen LogP contribution in [-0.2, 0) is 16.0 Å². The van der Waals surface area contributed by atoms with Crippen LogP contribution in [-0.4, -0.2) is 12.6 Å². The van der Waals surface area contributed by atoms with Gasteiger partial charge in [-0.2, -0.15) is 5.26 Å². The van der Waals surface area contributed by atoms with Gasteiger partial charge in [0.25, 0.3) is 0 Å². The van der Waals surface area contributed by atoms with Crippen LogP contribution in [0.2, 0.25) is 5.02 Å². The van der Waals surface area contributed by atoms with E-state index in [2.05, 4.69) is 12.6 Å². The minimum Gasteiger partial charge on any atom is -0.466 e. The van der Waals surface area contributed by atoms with E-state index in [1.54, 1.807) is 19.1 Å². The van der Waals surface area contributed by atoms with Crippen molar-refractivity contribution >= 4 is 30.2 Å². The van der Waals surface area contributed by atoms with Crippen molar-refractivity contribution in [3.05, 3.63) is 28.3 Å². The zero-order valence-electron chi connectivity index (χ0n) is 8.66. The van der Waals surface area contributed by atoms with Gasteiger partial charge >= 0.3 is 5.97 Å². The first-order chi connectivity index (χ1) is 7.60. The predicted octanol–water partition coefficient (Wildman–Crippen LogP) is 2.61. The number of hydrogen-bond donors (Lipinski definition) is 1. The Bertz CT molecular complexity index is 454. The summed E-state index contributed by atoms with van der Waals surface area (Å²) >= 11 is 10.1. The molecule has 0 aliphatic rings. The van der Waals surface area contributed by atoms with Gasteiger partial charge in [-0.25, -0.2) is 0 Å².